The number of nitrogens with zero attached hydrogens (tertiary/aromatic N) is 1. The average Bonchev–Trinajstić information content (AvgIpc) is 2.47. The van der Waals surface area contributed by atoms with Crippen LogP contribution in [0.25, 0.3) is 0 Å². The summed E-state index contributed by atoms with van der Waals surface area (Å²) in [7, 11) is 0. The van der Waals surface area contributed by atoms with Crippen molar-refractivity contribution in [3.63, 3.8) is 0 Å². The third kappa shape index (κ3) is 4.54. The first kappa shape index (κ1) is 13.8. The minimum absolute atomic E-state index is 0.343. The van der Waals surface area contributed by atoms with E-state index in [0.717, 1.165) is 5.69 Å². The summed E-state index contributed by atoms with van der Waals surface area (Å²) in [5.74, 6) is 4.54. The van der Waals surface area contributed by atoms with Gasteiger partial charge in [0.15, 0.2) is 0 Å². The van der Waals surface area contributed by atoms with E-state index in [0.29, 0.717) is 18.5 Å². The second kappa shape index (κ2) is 7.05. The number of anilines is 1. The van der Waals surface area contributed by atoms with Gasteiger partial charge >= 0.3 is 0 Å². The van der Waals surface area contributed by atoms with E-state index in [4.69, 9.17) is 0 Å². The van der Waals surface area contributed by atoms with Crippen LogP contribution in [-0.4, -0.2) is 10.9 Å². The maximum atomic E-state index is 12.7. The molecule has 0 fully saturated rings. The number of rotatable bonds is 3. The van der Waals surface area contributed by atoms with E-state index >= 15 is 0 Å². The fourth-order valence-electron chi connectivity index (χ4n) is 1.57. The standard InChI is InChI=1S/C16H13FN2O/c17-13-8-10-15(11-9-13)19-16(20)7-2-1-5-14-6-3-4-12-18-14/h3-4,6,8-12H,1,5H2,(H,19,20). The zero-order valence-electron chi connectivity index (χ0n) is 10.8. The predicted molar refractivity (Wildman–Crippen MR) is 75.4 cm³/mol. The first-order valence-electron chi connectivity index (χ1n) is 6.19. The molecule has 0 radical (unpaired) electrons. The van der Waals surface area contributed by atoms with E-state index in [1.54, 1.807) is 6.20 Å². The summed E-state index contributed by atoms with van der Waals surface area (Å²) in [5, 5.41) is 2.57. The highest BCUT2D eigenvalue weighted by molar-refractivity contribution is 6.03. The summed E-state index contributed by atoms with van der Waals surface area (Å²) < 4.78 is 12.7. The van der Waals surface area contributed by atoms with Gasteiger partial charge in [-0.3, -0.25) is 9.78 Å². The van der Waals surface area contributed by atoms with Gasteiger partial charge in [-0.05, 0) is 42.3 Å². The van der Waals surface area contributed by atoms with E-state index in [9.17, 15) is 9.18 Å². The third-order valence-electron chi connectivity index (χ3n) is 2.54. The monoisotopic (exact) mass is 268 g/mol. The van der Waals surface area contributed by atoms with Gasteiger partial charge in [0.25, 0.3) is 5.91 Å². The van der Waals surface area contributed by atoms with Gasteiger partial charge in [0.05, 0.1) is 0 Å². The van der Waals surface area contributed by atoms with Crippen LogP contribution in [0.2, 0.25) is 0 Å². The van der Waals surface area contributed by atoms with E-state index in [1.807, 2.05) is 18.2 Å². The van der Waals surface area contributed by atoms with Gasteiger partial charge in [-0.15, -0.1) is 0 Å². The number of hydrogen-bond donors (Lipinski definition) is 1. The van der Waals surface area contributed by atoms with Crippen molar-refractivity contribution in [1.82, 2.24) is 4.98 Å². The zero-order valence-corrected chi connectivity index (χ0v) is 10.8. The van der Waals surface area contributed by atoms with Crippen LogP contribution in [0.5, 0.6) is 0 Å². The van der Waals surface area contributed by atoms with Crippen molar-refractivity contribution in [1.29, 1.82) is 0 Å². The molecule has 0 aliphatic heterocycles. The first-order chi connectivity index (χ1) is 9.74. The molecule has 0 aliphatic rings. The summed E-state index contributed by atoms with van der Waals surface area (Å²) in [6.07, 6.45) is 3.00. The highest BCUT2D eigenvalue weighted by Gasteiger charge is 1.97. The van der Waals surface area contributed by atoms with Gasteiger partial charge in [-0.25, -0.2) is 4.39 Å². The Morgan fingerprint density at radius 3 is 2.70 bits per heavy atom. The van der Waals surface area contributed by atoms with E-state index in [1.165, 1.54) is 24.3 Å². The Labute approximate surface area is 116 Å². The molecule has 2 aromatic rings. The smallest absolute Gasteiger partial charge is 0.300 e. The lowest BCUT2D eigenvalue weighted by Gasteiger charge is -1.99. The number of hydrogen-bond acceptors (Lipinski definition) is 2. The number of nitrogens with one attached hydrogen (secondary N) is 1. The lowest BCUT2D eigenvalue weighted by Crippen LogP contribution is -2.08. The number of halogens is 1. The van der Waals surface area contributed by atoms with Crippen molar-refractivity contribution in [2.75, 3.05) is 5.32 Å². The second-order valence-electron chi connectivity index (χ2n) is 4.08. The van der Waals surface area contributed by atoms with Gasteiger partial charge < -0.3 is 5.32 Å². The molecular weight excluding hydrogens is 255 g/mol. The normalized spacial score (nSPS) is 9.45. The summed E-state index contributed by atoms with van der Waals surface area (Å²) in [6.45, 7) is 0. The lowest BCUT2D eigenvalue weighted by atomic mass is 10.2. The Morgan fingerprint density at radius 1 is 1.20 bits per heavy atom. The third-order valence-corrected chi connectivity index (χ3v) is 2.54. The molecular formula is C16H13FN2O. The van der Waals surface area contributed by atoms with Crippen LogP contribution in [-0.2, 0) is 11.2 Å². The molecule has 3 nitrogen and oxygen atoms in total. The fraction of sp³-hybridized carbons (Fsp3) is 0.125. The Hall–Kier alpha value is -2.67. The molecule has 1 amide bonds. The van der Waals surface area contributed by atoms with E-state index in [2.05, 4.69) is 22.1 Å². The molecule has 20 heavy (non-hydrogen) atoms. The number of pyridine rings is 1. The highest BCUT2D eigenvalue weighted by atomic mass is 19.1. The van der Waals surface area contributed by atoms with Crippen LogP contribution in [0.3, 0.4) is 0 Å². The fourth-order valence-corrected chi connectivity index (χ4v) is 1.57. The molecule has 0 atom stereocenters. The largest absolute Gasteiger partial charge is 0.315 e. The average molecular weight is 268 g/mol. The van der Waals surface area contributed by atoms with E-state index < -0.39 is 5.91 Å². The van der Waals surface area contributed by atoms with Crippen molar-refractivity contribution in [2.45, 2.75) is 12.8 Å². The van der Waals surface area contributed by atoms with Gasteiger partial charge in [0.1, 0.15) is 5.82 Å². The SMILES string of the molecule is O=C(C#CCCc1ccccn1)Nc1ccc(F)cc1. The number of benzene rings is 1. The topological polar surface area (TPSA) is 42.0 Å². The minimum atomic E-state index is -0.405. The molecule has 0 bridgehead atoms. The van der Waals surface area contributed by atoms with E-state index in [-0.39, 0.29) is 5.82 Å². The summed E-state index contributed by atoms with van der Waals surface area (Å²) in [5.41, 5.74) is 1.47. The molecule has 2 rings (SSSR count). The number of aromatic nitrogens is 1. The molecule has 100 valence electrons. The molecule has 1 heterocycles. The number of amides is 1. The highest BCUT2D eigenvalue weighted by Crippen LogP contribution is 2.07. The maximum absolute atomic E-state index is 12.7. The van der Waals surface area contributed by atoms with Crippen molar-refractivity contribution < 1.29 is 9.18 Å². The molecule has 0 aliphatic carbocycles. The van der Waals surface area contributed by atoms with Gasteiger partial charge in [-0.2, -0.15) is 0 Å². The number of carbonyl (C=O) groups excluding carboxylic acids is 1. The van der Waals surface area contributed by atoms with Crippen molar-refractivity contribution >= 4 is 11.6 Å². The second-order valence-corrected chi connectivity index (χ2v) is 4.08. The molecule has 0 saturated carbocycles. The van der Waals surface area contributed by atoms with Gasteiger partial charge in [0.2, 0.25) is 0 Å². The lowest BCUT2D eigenvalue weighted by molar-refractivity contribution is -0.111. The number of aryl methyl sites for hydroxylation is 1. The Morgan fingerprint density at radius 2 is 2.00 bits per heavy atom. The maximum Gasteiger partial charge on any atom is 0.300 e. The first-order valence-corrected chi connectivity index (χ1v) is 6.19. The van der Waals surface area contributed by atoms with Gasteiger partial charge in [0, 0.05) is 30.4 Å². The molecule has 1 aromatic carbocycles. The summed E-state index contributed by atoms with van der Waals surface area (Å²) in [6, 6.07) is 11.2. The minimum Gasteiger partial charge on any atom is -0.315 e. The van der Waals surface area contributed by atoms with Crippen molar-refractivity contribution in [3.8, 4) is 11.8 Å². The quantitative estimate of drug-likeness (QED) is 0.870. The van der Waals surface area contributed by atoms with Crippen LogP contribution < -0.4 is 5.32 Å². The number of carbonyl (C=O) groups is 1. The van der Waals surface area contributed by atoms with Crippen molar-refractivity contribution in [2.24, 2.45) is 0 Å². The molecule has 1 N–H and O–H groups in total. The van der Waals surface area contributed by atoms with Gasteiger partial charge in [-0.1, -0.05) is 12.0 Å². The molecule has 1 aromatic heterocycles. The van der Waals surface area contributed by atoms with Crippen molar-refractivity contribution in [3.05, 3.63) is 60.2 Å². The van der Waals surface area contributed by atoms with Crippen LogP contribution in [0.4, 0.5) is 10.1 Å². The molecule has 0 saturated heterocycles. The summed E-state index contributed by atoms with van der Waals surface area (Å²) >= 11 is 0. The zero-order chi connectivity index (χ0) is 14.2. The Bertz CT molecular complexity index is 627. The molecule has 4 heteroatoms. The molecule has 0 unspecified atom stereocenters. The Balaban J connectivity index is 1.80. The van der Waals surface area contributed by atoms with Crippen LogP contribution in [0, 0.1) is 17.7 Å². The predicted octanol–water partition coefficient (Wildman–Crippen LogP) is 2.80. The van der Waals surface area contributed by atoms with Crippen LogP contribution >= 0.6 is 0 Å². The van der Waals surface area contributed by atoms with Crippen LogP contribution in [0.1, 0.15) is 12.1 Å². The van der Waals surface area contributed by atoms with Crippen LogP contribution in [0.15, 0.2) is 48.7 Å². The summed E-state index contributed by atoms with van der Waals surface area (Å²) in [4.78, 5) is 15.7. The molecule has 0 spiro atoms. The Kier molecular flexibility index (Phi) is 4.85.